The average Bonchev–Trinajstić information content (AvgIpc) is 2.89. The number of fused-ring (bicyclic) bond motifs is 1. The van der Waals surface area contributed by atoms with E-state index in [-0.39, 0.29) is 0 Å². The molecule has 1 aromatic rings. The van der Waals surface area contributed by atoms with Crippen LogP contribution in [0.3, 0.4) is 0 Å². The van der Waals surface area contributed by atoms with Crippen molar-refractivity contribution >= 4 is 11.8 Å². The van der Waals surface area contributed by atoms with E-state index < -0.39 is 0 Å². The molecule has 0 bridgehead atoms. The smallest absolute Gasteiger partial charge is 0.0700 e. The first-order valence-corrected chi connectivity index (χ1v) is 7.59. The molecule has 3 rings (SSSR count). The first kappa shape index (κ1) is 11.6. The second-order valence-corrected chi connectivity index (χ2v) is 5.84. The van der Waals surface area contributed by atoms with Crippen molar-refractivity contribution in [3.8, 4) is 0 Å². The summed E-state index contributed by atoms with van der Waals surface area (Å²) in [5.41, 5.74) is 2.98. The minimum Gasteiger partial charge on any atom is -0.377 e. The van der Waals surface area contributed by atoms with Crippen molar-refractivity contribution in [1.29, 1.82) is 0 Å². The van der Waals surface area contributed by atoms with E-state index >= 15 is 0 Å². The van der Waals surface area contributed by atoms with Crippen LogP contribution in [0.5, 0.6) is 0 Å². The van der Waals surface area contributed by atoms with E-state index in [0.717, 1.165) is 18.9 Å². The largest absolute Gasteiger partial charge is 0.377 e. The summed E-state index contributed by atoms with van der Waals surface area (Å²) in [6, 6.07) is 9.32. The number of hydrogen-bond donors (Lipinski definition) is 1. The zero-order valence-electron chi connectivity index (χ0n) is 10.0. The Kier molecular flexibility index (Phi) is 3.69. The molecule has 1 N–H and O–H groups in total. The molecule has 2 unspecified atom stereocenters. The van der Waals surface area contributed by atoms with Crippen LogP contribution >= 0.6 is 11.8 Å². The Labute approximate surface area is 107 Å². The van der Waals surface area contributed by atoms with E-state index in [1.807, 2.05) is 11.8 Å². The Morgan fingerprint density at radius 2 is 2.29 bits per heavy atom. The van der Waals surface area contributed by atoms with Gasteiger partial charge in [-0.2, -0.15) is 11.8 Å². The lowest BCUT2D eigenvalue weighted by atomic mass is 10.0. The van der Waals surface area contributed by atoms with Crippen molar-refractivity contribution in [3.05, 3.63) is 35.4 Å². The molecule has 0 radical (unpaired) electrons. The highest BCUT2D eigenvalue weighted by Crippen LogP contribution is 2.31. The van der Waals surface area contributed by atoms with Gasteiger partial charge in [-0.1, -0.05) is 24.3 Å². The zero-order chi connectivity index (χ0) is 11.5. The van der Waals surface area contributed by atoms with E-state index in [9.17, 15) is 0 Å². The van der Waals surface area contributed by atoms with Gasteiger partial charge in [0, 0.05) is 30.7 Å². The molecule has 2 atom stereocenters. The maximum absolute atomic E-state index is 5.66. The monoisotopic (exact) mass is 249 g/mol. The lowest BCUT2D eigenvalue weighted by Crippen LogP contribution is -2.33. The molecule has 0 spiro atoms. The molecule has 1 aromatic carbocycles. The van der Waals surface area contributed by atoms with Crippen LogP contribution in [-0.2, 0) is 10.5 Å². The Morgan fingerprint density at radius 1 is 1.35 bits per heavy atom. The van der Waals surface area contributed by atoms with Crippen LogP contribution in [-0.4, -0.2) is 25.0 Å². The van der Waals surface area contributed by atoms with Gasteiger partial charge in [-0.25, -0.2) is 0 Å². The molecule has 0 amide bonds. The Hall–Kier alpha value is -0.510. The zero-order valence-corrected chi connectivity index (χ0v) is 10.8. The summed E-state index contributed by atoms with van der Waals surface area (Å²) in [6.07, 6.45) is 2.88. The molecule has 1 fully saturated rings. The van der Waals surface area contributed by atoms with Gasteiger partial charge in [-0.15, -0.1) is 0 Å². The molecule has 3 heteroatoms. The van der Waals surface area contributed by atoms with Crippen molar-refractivity contribution < 1.29 is 4.74 Å². The fourth-order valence-electron chi connectivity index (χ4n) is 2.63. The normalized spacial score (nSPS) is 28.0. The predicted molar refractivity (Wildman–Crippen MR) is 72.3 cm³/mol. The molecule has 17 heavy (non-hydrogen) atoms. The first-order chi connectivity index (χ1) is 8.43. The third-order valence-electron chi connectivity index (χ3n) is 3.59. The molecular weight excluding hydrogens is 230 g/mol. The fourth-order valence-corrected chi connectivity index (χ4v) is 3.76. The van der Waals surface area contributed by atoms with Crippen LogP contribution in [0.1, 0.15) is 30.0 Å². The van der Waals surface area contributed by atoms with E-state index in [1.165, 1.54) is 29.7 Å². The summed E-state index contributed by atoms with van der Waals surface area (Å²) in [4.78, 5) is 0. The van der Waals surface area contributed by atoms with Gasteiger partial charge >= 0.3 is 0 Å². The number of ether oxygens (including phenoxy) is 1. The van der Waals surface area contributed by atoms with Crippen molar-refractivity contribution in [3.63, 3.8) is 0 Å². The summed E-state index contributed by atoms with van der Waals surface area (Å²) in [6.45, 7) is 1.95. The topological polar surface area (TPSA) is 21.3 Å². The van der Waals surface area contributed by atoms with Gasteiger partial charge in [0.1, 0.15) is 0 Å². The SMILES string of the molecule is c1ccc2c(c1)CSCC2NCC1CCCO1. The number of rotatable bonds is 3. The molecule has 2 heterocycles. The third-order valence-corrected chi connectivity index (χ3v) is 4.67. The number of nitrogens with one attached hydrogen (secondary N) is 1. The van der Waals surface area contributed by atoms with E-state index in [0.29, 0.717) is 12.1 Å². The van der Waals surface area contributed by atoms with Crippen LogP contribution in [0.25, 0.3) is 0 Å². The van der Waals surface area contributed by atoms with Crippen LogP contribution in [0.4, 0.5) is 0 Å². The van der Waals surface area contributed by atoms with E-state index in [1.54, 1.807) is 0 Å². The van der Waals surface area contributed by atoms with E-state index in [2.05, 4.69) is 29.6 Å². The summed E-state index contributed by atoms with van der Waals surface area (Å²) < 4.78 is 5.66. The lowest BCUT2D eigenvalue weighted by Gasteiger charge is -2.27. The molecule has 2 nitrogen and oxygen atoms in total. The summed E-state index contributed by atoms with van der Waals surface area (Å²) in [5.74, 6) is 2.35. The number of hydrogen-bond acceptors (Lipinski definition) is 3. The molecule has 2 aliphatic rings. The molecule has 0 saturated carbocycles. The van der Waals surface area contributed by atoms with Crippen LogP contribution in [0, 0.1) is 0 Å². The molecular formula is C14H19NOS. The quantitative estimate of drug-likeness (QED) is 0.890. The third kappa shape index (κ3) is 2.67. The highest BCUT2D eigenvalue weighted by atomic mass is 32.2. The van der Waals surface area contributed by atoms with Gasteiger partial charge in [-0.05, 0) is 24.0 Å². The molecule has 92 valence electrons. The minimum atomic E-state index is 0.439. The van der Waals surface area contributed by atoms with Crippen molar-refractivity contribution in [1.82, 2.24) is 5.32 Å². The van der Waals surface area contributed by atoms with E-state index in [4.69, 9.17) is 4.74 Å². The van der Waals surface area contributed by atoms with Crippen LogP contribution in [0.2, 0.25) is 0 Å². The van der Waals surface area contributed by atoms with Gasteiger partial charge in [0.15, 0.2) is 0 Å². The van der Waals surface area contributed by atoms with Gasteiger partial charge in [0.05, 0.1) is 6.10 Å². The first-order valence-electron chi connectivity index (χ1n) is 6.44. The lowest BCUT2D eigenvalue weighted by molar-refractivity contribution is 0.108. The second-order valence-electron chi connectivity index (χ2n) is 4.81. The second kappa shape index (κ2) is 5.42. The highest BCUT2D eigenvalue weighted by Gasteiger charge is 2.22. The maximum Gasteiger partial charge on any atom is 0.0700 e. The number of thioether (sulfide) groups is 1. The molecule has 2 aliphatic heterocycles. The predicted octanol–water partition coefficient (Wildman–Crippen LogP) is 2.74. The minimum absolute atomic E-state index is 0.439. The number of benzene rings is 1. The summed E-state index contributed by atoms with van der Waals surface area (Å²) in [7, 11) is 0. The highest BCUT2D eigenvalue weighted by molar-refractivity contribution is 7.98. The summed E-state index contributed by atoms with van der Waals surface area (Å²) in [5, 5.41) is 3.67. The van der Waals surface area contributed by atoms with Gasteiger partial charge < -0.3 is 10.1 Å². The van der Waals surface area contributed by atoms with Crippen LogP contribution < -0.4 is 5.32 Å². The maximum atomic E-state index is 5.66. The molecule has 0 aromatic heterocycles. The van der Waals surface area contributed by atoms with Gasteiger partial charge in [0.25, 0.3) is 0 Å². The van der Waals surface area contributed by atoms with Crippen molar-refractivity contribution in [2.24, 2.45) is 0 Å². The summed E-state index contributed by atoms with van der Waals surface area (Å²) >= 11 is 2.02. The fraction of sp³-hybridized carbons (Fsp3) is 0.571. The molecule has 1 saturated heterocycles. The average molecular weight is 249 g/mol. The van der Waals surface area contributed by atoms with Crippen molar-refractivity contribution in [2.45, 2.75) is 30.7 Å². The van der Waals surface area contributed by atoms with Crippen molar-refractivity contribution in [2.75, 3.05) is 18.9 Å². The van der Waals surface area contributed by atoms with Gasteiger partial charge in [0.2, 0.25) is 0 Å². The molecule has 0 aliphatic carbocycles. The Balaban J connectivity index is 1.64. The Morgan fingerprint density at radius 3 is 3.18 bits per heavy atom. The van der Waals surface area contributed by atoms with Gasteiger partial charge in [-0.3, -0.25) is 0 Å². The standard InChI is InChI=1S/C14H19NOS/c1-2-6-13-11(4-1)9-17-10-14(13)15-8-12-5-3-7-16-12/h1-2,4,6,12,14-15H,3,5,7-10H2. The Bertz CT molecular complexity index is 376. The van der Waals surface area contributed by atoms with Crippen LogP contribution in [0.15, 0.2) is 24.3 Å².